The average Bonchev–Trinajstić information content (AvgIpc) is 3.21. The lowest BCUT2D eigenvalue weighted by molar-refractivity contribution is -0.114. The second-order valence-electron chi connectivity index (χ2n) is 14.6. The van der Waals surface area contributed by atoms with E-state index in [0.717, 1.165) is 31.3 Å². The van der Waals surface area contributed by atoms with E-state index >= 15 is 0 Å². The van der Waals surface area contributed by atoms with Crippen LogP contribution >= 0.6 is 0 Å². The van der Waals surface area contributed by atoms with Crippen LogP contribution in [-0.4, -0.2) is 45.3 Å². The summed E-state index contributed by atoms with van der Waals surface area (Å²) in [7, 11) is 0. The van der Waals surface area contributed by atoms with E-state index < -0.39 is 6.10 Å². The number of epoxide rings is 1. The Balaban J connectivity index is 1.27. The highest BCUT2D eigenvalue weighted by Gasteiger charge is 2.64. The molecular weight excluding hydrogens is 502 g/mol. The Morgan fingerprint density at radius 2 is 1.93 bits per heavy atom. The molecule has 2 heterocycles. The standard InChI is InChI=1S/C34H45NO5/c1-20(28(18-34(6)31(2,3)40-34)39-30(38)21-8-7-15-35-19-21)24-9-10-25-29-26(12-14-33(24,25)5)32(4)13-11-23(36)16-22(32)17-27(29)37/h7-8,11,13,15-16,19-20,24-29,37H,9-10,12,14,17-18H2,1-6H3. The lowest BCUT2D eigenvalue weighted by Crippen LogP contribution is -2.55. The number of carbonyl (C=O) groups excluding carboxylic acids is 2. The van der Waals surface area contributed by atoms with E-state index in [4.69, 9.17) is 9.47 Å². The molecule has 4 fully saturated rings. The number of nitrogens with zero attached hydrogens (tertiary/aromatic N) is 1. The molecular formula is C34H45NO5. The van der Waals surface area contributed by atoms with Gasteiger partial charge in [0.15, 0.2) is 5.78 Å². The molecule has 6 nitrogen and oxygen atoms in total. The smallest absolute Gasteiger partial charge is 0.339 e. The van der Waals surface area contributed by atoms with Crippen molar-refractivity contribution in [1.29, 1.82) is 0 Å². The van der Waals surface area contributed by atoms with Crippen LogP contribution in [0.25, 0.3) is 0 Å². The molecule has 4 aliphatic carbocycles. The van der Waals surface area contributed by atoms with Gasteiger partial charge in [-0.25, -0.2) is 4.79 Å². The summed E-state index contributed by atoms with van der Waals surface area (Å²) >= 11 is 0. The molecule has 1 aromatic heterocycles. The summed E-state index contributed by atoms with van der Waals surface area (Å²) in [6.45, 7) is 13.3. The molecule has 0 bridgehead atoms. The van der Waals surface area contributed by atoms with Gasteiger partial charge in [-0.2, -0.15) is 0 Å². The number of hydrogen-bond donors (Lipinski definition) is 1. The molecule has 10 unspecified atom stereocenters. The maximum atomic E-state index is 13.3. The van der Waals surface area contributed by atoms with Gasteiger partial charge in [0.1, 0.15) is 6.10 Å². The van der Waals surface area contributed by atoms with Crippen molar-refractivity contribution in [2.45, 2.75) is 103 Å². The first kappa shape index (κ1) is 27.8. The molecule has 6 heteroatoms. The Bertz CT molecular complexity index is 1250. The number of aliphatic hydroxyl groups is 1. The molecule has 0 radical (unpaired) electrons. The van der Waals surface area contributed by atoms with Crippen LogP contribution in [0.1, 0.15) is 90.4 Å². The third kappa shape index (κ3) is 4.24. The molecule has 1 aromatic rings. The lowest BCUT2D eigenvalue weighted by atomic mass is 9.46. The maximum Gasteiger partial charge on any atom is 0.339 e. The molecule has 1 saturated heterocycles. The fourth-order valence-electron chi connectivity index (χ4n) is 9.57. The van der Waals surface area contributed by atoms with Crippen molar-refractivity contribution in [3.8, 4) is 0 Å². The summed E-state index contributed by atoms with van der Waals surface area (Å²) in [4.78, 5) is 29.5. The largest absolute Gasteiger partial charge is 0.458 e. The monoisotopic (exact) mass is 547 g/mol. The van der Waals surface area contributed by atoms with Gasteiger partial charge in [-0.05, 0) is 112 Å². The predicted molar refractivity (Wildman–Crippen MR) is 152 cm³/mol. The highest BCUT2D eigenvalue weighted by molar-refractivity contribution is 6.01. The summed E-state index contributed by atoms with van der Waals surface area (Å²) in [6.07, 6.45) is 13.6. The quantitative estimate of drug-likeness (QED) is 0.342. The van der Waals surface area contributed by atoms with Gasteiger partial charge in [-0.15, -0.1) is 0 Å². The number of hydrogen-bond acceptors (Lipinski definition) is 6. The molecule has 1 N–H and O–H groups in total. The van der Waals surface area contributed by atoms with Gasteiger partial charge >= 0.3 is 5.97 Å². The number of aliphatic hydroxyl groups excluding tert-OH is 1. The van der Waals surface area contributed by atoms with Gasteiger partial charge in [-0.1, -0.05) is 32.4 Å². The number of allylic oxidation sites excluding steroid dienone is 3. The fourth-order valence-corrected chi connectivity index (χ4v) is 9.57. The molecule has 1 aliphatic heterocycles. The molecule has 0 amide bonds. The second-order valence-corrected chi connectivity index (χ2v) is 14.6. The summed E-state index contributed by atoms with van der Waals surface area (Å²) in [5.41, 5.74) is 0.884. The molecule has 3 saturated carbocycles. The van der Waals surface area contributed by atoms with Crippen molar-refractivity contribution in [3.63, 3.8) is 0 Å². The summed E-state index contributed by atoms with van der Waals surface area (Å²) in [5.74, 6) is 1.16. The number of pyridine rings is 1. The zero-order valence-electron chi connectivity index (χ0n) is 24.9. The number of rotatable bonds is 6. The molecule has 216 valence electrons. The molecule has 5 aliphatic rings. The first-order chi connectivity index (χ1) is 18.8. The maximum absolute atomic E-state index is 13.3. The number of ketones is 1. The van der Waals surface area contributed by atoms with E-state index in [1.807, 2.05) is 0 Å². The van der Waals surface area contributed by atoms with Crippen molar-refractivity contribution >= 4 is 11.8 Å². The second kappa shape index (κ2) is 9.35. The zero-order valence-corrected chi connectivity index (χ0v) is 24.9. The van der Waals surface area contributed by atoms with Crippen LogP contribution < -0.4 is 0 Å². The number of esters is 1. The van der Waals surface area contributed by atoms with Crippen LogP contribution in [0.3, 0.4) is 0 Å². The third-order valence-electron chi connectivity index (χ3n) is 12.3. The van der Waals surface area contributed by atoms with Crippen molar-refractivity contribution in [2.24, 2.45) is 40.4 Å². The SMILES string of the molecule is CC(C(CC1(C)OC1(C)C)OC(=O)c1cccnc1)C1CCC2C3C(O)CC4=CC(=O)C=CC4(C)C3CCC12C. The summed E-state index contributed by atoms with van der Waals surface area (Å²) < 4.78 is 12.4. The van der Waals surface area contributed by atoms with E-state index in [9.17, 15) is 14.7 Å². The van der Waals surface area contributed by atoms with Crippen LogP contribution in [0.5, 0.6) is 0 Å². The van der Waals surface area contributed by atoms with Gasteiger partial charge in [-0.3, -0.25) is 9.78 Å². The average molecular weight is 548 g/mol. The van der Waals surface area contributed by atoms with E-state index in [0.29, 0.717) is 36.2 Å². The fraction of sp³-hybridized carbons (Fsp3) is 0.676. The van der Waals surface area contributed by atoms with Crippen LogP contribution in [0.15, 0.2) is 48.3 Å². The van der Waals surface area contributed by atoms with Gasteiger partial charge in [0.2, 0.25) is 0 Å². The number of carbonyl (C=O) groups is 2. The molecule has 0 aromatic carbocycles. The van der Waals surface area contributed by atoms with Gasteiger partial charge < -0.3 is 14.6 Å². The Kier molecular flexibility index (Phi) is 6.51. The van der Waals surface area contributed by atoms with Crippen molar-refractivity contribution in [3.05, 3.63) is 53.9 Å². The topological polar surface area (TPSA) is 89.0 Å². The van der Waals surface area contributed by atoms with E-state index in [2.05, 4.69) is 52.6 Å². The molecule has 10 atom stereocenters. The molecule has 6 rings (SSSR count). The minimum atomic E-state index is -0.430. The summed E-state index contributed by atoms with van der Waals surface area (Å²) in [5, 5.41) is 11.5. The van der Waals surface area contributed by atoms with Crippen LogP contribution in [-0.2, 0) is 14.3 Å². The minimum Gasteiger partial charge on any atom is -0.458 e. The first-order valence-corrected chi connectivity index (χ1v) is 15.2. The third-order valence-corrected chi connectivity index (χ3v) is 12.3. The number of aromatic nitrogens is 1. The molecule has 40 heavy (non-hydrogen) atoms. The highest BCUT2D eigenvalue weighted by atomic mass is 16.6. The minimum absolute atomic E-state index is 0.0388. The summed E-state index contributed by atoms with van der Waals surface area (Å²) in [6, 6.07) is 3.52. The van der Waals surface area contributed by atoms with Crippen molar-refractivity contribution < 1.29 is 24.2 Å². The lowest BCUT2D eigenvalue weighted by Gasteiger charge is -2.59. The Hall–Kier alpha value is -2.31. The zero-order chi connectivity index (χ0) is 28.7. The van der Waals surface area contributed by atoms with Crippen molar-refractivity contribution in [2.75, 3.05) is 0 Å². The van der Waals surface area contributed by atoms with Crippen LogP contribution in [0, 0.1) is 40.4 Å². The number of ether oxygens (including phenoxy) is 2. The number of fused-ring (bicyclic) bond motifs is 5. The Morgan fingerprint density at radius 3 is 2.60 bits per heavy atom. The Labute approximate surface area is 238 Å². The first-order valence-electron chi connectivity index (χ1n) is 15.2. The van der Waals surface area contributed by atoms with Gasteiger partial charge in [0.05, 0.1) is 22.9 Å². The molecule has 0 spiro atoms. The van der Waals surface area contributed by atoms with Crippen LogP contribution in [0.2, 0.25) is 0 Å². The van der Waals surface area contributed by atoms with Crippen LogP contribution in [0.4, 0.5) is 0 Å². The van der Waals surface area contributed by atoms with Crippen molar-refractivity contribution in [1.82, 2.24) is 4.98 Å². The Morgan fingerprint density at radius 1 is 1.18 bits per heavy atom. The van der Waals surface area contributed by atoms with Gasteiger partial charge in [0.25, 0.3) is 0 Å². The normalized spacial score (nSPS) is 42.6. The van der Waals surface area contributed by atoms with E-state index in [1.165, 1.54) is 0 Å². The predicted octanol–water partition coefficient (Wildman–Crippen LogP) is 6.10. The van der Waals surface area contributed by atoms with E-state index in [-0.39, 0.29) is 51.7 Å². The van der Waals surface area contributed by atoms with E-state index in [1.54, 1.807) is 36.7 Å². The van der Waals surface area contributed by atoms with Gasteiger partial charge in [0, 0.05) is 24.2 Å². The highest BCUT2D eigenvalue weighted by Crippen LogP contribution is 2.67.